The van der Waals surface area contributed by atoms with Crippen molar-refractivity contribution in [3.8, 4) is 23.5 Å². The minimum absolute atomic E-state index is 0.0980. The molecular formula is C32H16F2N4. The fourth-order valence-corrected chi connectivity index (χ4v) is 5.55. The lowest BCUT2D eigenvalue weighted by Crippen LogP contribution is -2.02. The summed E-state index contributed by atoms with van der Waals surface area (Å²) in [6, 6.07) is 32.3. The molecule has 0 fully saturated rings. The first-order chi connectivity index (χ1) is 18.6. The van der Waals surface area contributed by atoms with Gasteiger partial charge in [0.05, 0.1) is 50.6 Å². The number of hydrogen-bond donors (Lipinski definition) is 0. The Hall–Kier alpha value is -5.46. The van der Waals surface area contributed by atoms with E-state index >= 15 is 4.39 Å². The van der Waals surface area contributed by atoms with Crippen molar-refractivity contribution >= 4 is 43.6 Å². The van der Waals surface area contributed by atoms with E-state index < -0.39 is 11.6 Å². The molecule has 0 spiro atoms. The van der Waals surface area contributed by atoms with Crippen LogP contribution < -0.4 is 0 Å². The molecule has 0 saturated carbocycles. The molecule has 0 amide bonds. The lowest BCUT2D eigenvalue weighted by Gasteiger charge is -2.14. The lowest BCUT2D eigenvalue weighted by atomic mass is 10.1. The SMILES string of the molecule is N#Cc1ccc(-n2c3ccccc3c3ccc4c5ccccc5n(-c5cc(F)ccc5F)c4c32)c(C#N)c1. The third-order valence-corrected chi connectivity index (χ3v) is 7.10. The summed E-state index contributed by atoms with van der Waals surface area (Å²) in [4.78, 5) is 0. The van der Waals surface area contributed by atoms with Gasteiger partial charge in [0.2, 0.25) is 0 Å². The normalized spacial score (nSPS) is 11.4. The molecule has 6 heteroatoms. The molecule has 0 unspecified atom stereocenters. The van der Waals surface area contributed by atoms with Crippen LogP contribution >= 0.6 is 0 Å². The average molecular weight is 495 g/mol. The summed E-state index contributed by atoms with van der Waals surface area (Å²) in [5, 5.41) is 23.1. The van der Waals surface area contributed by atoms with Crippen molar-refractivity contribution in [3.05, 3.63) is 120 Å². The van der Waals surface area contributed by atoms with Crippen LogP contribution in [-0.2, 0) is 0 Å². The highest BCUT2D eigenvalue weighted by molar-refractivity contribution is 6.23. The number of para-hydroxylation sites is 2. The van der Waals surface area contributed by atoms with Crippen molar-refractivity contribution in [2.24, 2.45) is 0 Å². The van der Waals surface area contributed by atoms with E-state index in [1.165, 1.54) is 6.07 Å². The number of fused-ring (bicyclic) bond motifs is 7. The van der Waals surface area contributed by atoms with Gasteiger partial charge in [-0.25, -0.2) is 8.78 Å². The van der Waals surface area contributed by atoms with E-state index in [0.29, 0.717) is 22.3 Å². The van der Waals surface area contributed by atoms with E-state index in [2.05, 4.69) is 12.1 Å². The average Bonchev–Trinajstić information content (AvgIpc) is 3.47. The zero-order valence-electron chi connectivity index (χ0n) is 19.8. The van der Waals surface area contributed by atoms with Crippen LogP contribution in [0, 0.1) is 34.3 Å². The molecule has 0 radical (unpaired) electrons. The molecule has 0 bridgehead atoms. The fraction of sp³-hybridized carbons (Fsp3) is 0. The van der Waals surface area contributed by atoms with E-state index in [0.717, 1.165) is 50.2 Å². The fourth-order valence-electron chi connectivity index (χ4n) is 5.55. The summed E-state index contributed by atoms with van der Waals surface area (Å²) in [7, 11) is 0. The van der Waals surface area contributed by atoms with Crippen molar-refractivity contribution in [3.63, 3.8) is 0 Å². The zero-order valence-corrected chi connectivity index (χ0v) is 19.8. The van der Waals surface area contributed by atoms with Gasteiger partial charge < -0.3 is 9.13 Å². The number of nitrogens with zero attached hydrogens (tertiary/aromatic N) is 4. The van der Waals surface area contributed by atoms with Crippen LogP contribution in [0.4, 0.5) is 8.78 Å². The van der Waals surface area contributed by atoms with Gasteiger partial charge in [-0.15, -0.1) is 0 Å². The molecule has 0 aliphatic rings. The molecule has 2 heterocycles. The molecule has 5 aromatic carbocycles. The van der Waals surface area contributed by atoms with Gasteiger partial charge in [-0.2, -0.15) is 10.5 Å². The van der Waals surface area contributed by atoms with Gasteiger partial charge in [-0.05, 0) is 42.5 Å². The highest BCUT2D eigenvalue weighted by Gasteiger charge is 2.23. The molecule has 4 nitrogen and oxygen atoms in total. The third-order valence-electron chi connectivity index (χ3n) is 7.10. The van der Waals surface area contributed by atoms with Crippen molar-refractivity contribution in [2.75, 3.05) is 0 Å². The third kappa shape index (κ3) is 2.92. The predicted molar refractivity (Wildman–Crippen MR) is 144 cm³/mol. The Labute approximate surface area is 215 Å². The van der Waals surface area contributed by atoms with Gasteiger partial charge in [0.1, 0.15) is 17.7 Å². The van der Waals surface area contributed by atoms with E-state index in [1.807, 2.05) is 65.2 Å². The first kappa shape index (κ1) is 21.8. The summed E-state index contributed by atoms with van der Waals surface area (Å²) in [6.07, 6.45) is 0. The van der Waals surface area contributed by atoms with Crippen LogP contribution in [0.5, 0.6) is 0 Å². The summed E-state index contributed by atoms with van der Waals surface area (Å²) >= 11 is 0. The monoisotopic (exact) mass is 494 g/mol. The first-order valence-electron chi connectivity index (χ1n) is 12.0. The Bertz CT molecular complexity index is 2190. The van der Waals surface area contributed by atoms with Crippen LogP contribution in [0.3, 0.4) is 0 Å². The summed E-state index contributed by atoms with van der Waals surface area (Å²) in [6.45, 7) is 0. The maximum absolute atomic E-state index is 15.4. The Balaban J connectivity index is 1.78. The van der Waals surface area contributed by atoms with Crippen molar-refractivity contribution < 1.29 is 8.78 Å². The van der Waals surface area contributed by atoms with Gasteiger partial charge in [0, 0.05) is 27.6 Å². The number of rotatable bonds is 2. The van der Waals surface area contributed by atoms with Crippen molar-refractivity contribution in [2.45, 2.75) is 0 Å². The molecule has 7 rings (SSSR count). The standard InChI is InChI=1S/C32H16F2N4/c33-21-10-13-26(34)30(16-21)38-29-8-4-2-6-23(29)25-12-11-24-22-5-1-3-7-28(22)37(31(24)32(25)38)27-14-9-19(17-35)15-20(27)18-36/h1-16H. The van der Waals surface area contributed by atoms with Crippen molar-refractivity contribution in [1.82, 2.24) is 9.13 Å². The van der Waals surface area contributed by atoms with Gasteiger partial charge in [0.25, 0.3) is 0 Å². The second kappa shape index (κ2) is 8.03. The molecule has 38 heavy (non-hydrogen) atoms. The number of hydrogen-bond acceptors (Lipinski definition) is 2. The van der Waals surface area contributed by atoms with Crippen LogP contribution in [-0.4, -0.2) is 9.13 Å². The number of benzene rings is 5. The number of halogens is 2. The number of nitriles is 2. The molecule has 0 N–H and O–H groups in total. The molecule has 0 aliphatic carbocycles. The maximum atomic E-state index is 15.4. The summed E-state index contributed by atoms with van der Waals surface area (Å²) in [5.41, 5.74) is 4.45. The minimum Gasteiger partial charge on any atom is -0.306 e. The predicted octanol–water partition coefficient (Wildman–Crippen LogP) is 7.90. The minimum atomic E-state index is -0.551. The smallest absolute Gasteiger partial charge is 0.147 e. The molecule has 2 aromatic heterocycles. The van der Waals surface area contributed by atoms with E-state index in [9.17, 15) is 14.9 Å². The quantitative estimate of drug-likeness (QED) is 0.245. The largest absolute Gasteiger partial charge is 0.306 e. The van der Waals surface area contributed by atoms with Crippen LogP contribution in [0.25, 0.3) is 55.0 Å². The van der Waals surface area contributed by atoms with Crippen LogP contribution in [0.2, 0.25) is 0 Å². The molecule has 0 aliphatic heterocycles. The molecular weight excluding hydrogens is 478 g/mol. The maximum Gasteiger partial charge on any atom is 0.147 e. The second-order valence-electron chi connectivity index (χ2n) is 9.11. The Morgan fingerprint density at radius 3 is 1.76 bits per heavy atom. The van der Waals surface area contributed by atoms with E-state index in [-0.39, 0.29) is 5.69 Å². The van der Waals surface area contributed by atoms with E-state index in [1.54, 1.807) is 22.8 Å². The van der Waals surface area contributed by atoms with Gasteiger partial charge in [-0.3, -0.25) is 0 Å². The number of aromatic nitrogens is 2. The van der Waals surface area contributed by atoms with Crippen LogP contribution in [0.1, 0.15) is 11.1 Å². The van der Waals surface area contributed by atoms with Gasteiger partial charge in [0.15, 0.2) is 0 Å². The van der Waals surface area contributed by atoms with Gasteiger partial charge in [-0.1, -0.05) is 48.5 Å². The Morgan fingerprint density at radius 1 is 0.553 bits per heavy atom. The second-order valence-corrected chi connectivity index (χ2v) is 9.11. The highest BCUT2D eigenvalue weighted by atomic mass is 19.1. The Morgan fingerprint density at radius 2 is 1.16 bits per heavy atom. The lowest BCUT2D eigenvalue weighted by molar-refractivity contribution is 0.595. The zero-order chi connectivity index (χ0) is 26.0. The first-order valence-corrected chi connectivity index (χ1v) is 12.0. The topological polar surface area (TPSA) is 57.4 Å². The van der Waals surface area contributed by atoms with Crippen LogP contribution in [0.15, 0.2) is 97.1 Å². The van der Waals surface area contributed by atoms with E-state index in [4.69, 9.17) is 0 Å². The Kier molecular flexibility index (Phi) is 4.60. The van der Waals surface area contributed by atoms with Gasteiger partial charge >= 0.3 is 0 Å². The molecule has 7 aromatic rings. The highest BCUT2D eigenvalue weighted by Crippen LogP contribution is 2.42. The molecule has 0 atom stereocenters. The molecule has 0 saturated heterocycles. The van der Waals surface area contributed by atoms with Crippen molar-refractivity contribution in [1.29, 1.82) is 10.5 Å². The molecule has 178 valence electrons. The summed E-state index contributed by atoms with van der Waals surface area (Å²) in [5.74, 6) is -1.09. The summed E-state index contributed by atoms with van der Waals surface area (Å²) < 4.78 is 33.6.